The van der Waals surface area contributed by atoms with Gasteiger partial charge in [0.1, 0.15) is 0 Å². The van der Waals surface area contributed by atoms with Gasteiger partial charge in [-0.05, 0) is 26.7 Å². The summed E-state index contributed by atoms with van der Waals surface area (Å²) in [4.78, 5) is 21.0. The van der Waals surface area contributed by atoms with Crippen molar-refractivity contribution in [3.8, 4) is 0 Å². The van der Waals surface area contributed by atoms with Crippen molar-refractivity contribution in [2.45, 2.75) is 69.8 Å². The molecule has 7 nitrogen and oxygen atoms in total. The lowest BCUT2D eigenvalue weighted by Crippen LogP contribution is -2.53. The Labute approximate surface area is 111 Å². The van der Waals surface area contributed by atoms with E-state index in [9.17, 15) is 0 Å². The predicted octanol–water partition coefficient (Wildman–Crippen LogP) is 1.97. The van der Waals surface area contributed by atoms with Crippen molar-refractivity contribution in [3.05, 3.63) is 0 Å². The molecule has 1 unspecified atom stereocenters. The van der Waals surface area contributed by atoms with E-state index in [1.165, 1.54) is 13.5 Å². The fraction of sp³-hybridized carbons (Fsp3) is 1.00. The van der Waals surface area contributed by atoms with Gasteiger partial charge in [0.15, 0.2) is 0 Å². The monoisotopic (exact) mass is 276 g/mol. The molecule has 3 aliphatic rings. The molecule has 0 radical (unpaired) electrons. The molecule has 0 bridgehead atoms. The quantitative estimate of drug-likeness (QED) is 0.714. The third-order valence-corrected chi connectivity index (χ3v) is 3.97. The van der Waals surface area contributed by atoms with E-state index in [1.807, 2.05) is 0 Å². The molecule has 1 aliphatic carbocycles. The largest absolute Gasteiger partial charge is 0.331 e. The Morgan fingerprint density at radius 1 is 0.947 bits per heavy atom. The summed E-state index contributed by atoms with van der Waals surface area (Å²) in [5.41, 5.74) is 0. The number of hydrogen-bond donors (Lipinski definition) is 0. The van der Waals surface area contributed by atoms with Crippen LogP contribution in [-0.2, 0) is 33.8 Å². The van der Waals surface area contributed by atoms with Crippen LogP contribution < -0.4 is 0 Å². The van der Waals surface area contributed by atoms with Crippen LogP contribution in [-0.4, -0.2) is 30.9 Å². The minimum Gasteiger partial charge on any atom is -0.331 e. The molecular formula is C12H20O7. The van der Waals surface area contributed by atoms with E-state index >= 15 is 0 Å². The zero-order valence-corrected chi connectivity index (χ0v) is 11.5. The van der Waals surface area contributed by atoms with Gasteiger partial charge in [-0.1, -0.05) is 6.42 Å². The van der Waals surface area contributed by atoms with Crippen LogP contribution in [0.5, 0.6) is 0 Å². The first-order chi connectivity index (χ1) is 9.01. The molecule has 0 aromatic carbocycles. The molecule has 19 heavy (non-hydrogen) atoms. The summed E-state index contributed by atoms with van der Waals surface area (Å²) in [7, 11) is 1.46. The third kappa shape index (κ3) is 2.19. The number of hydrogen-bond acceptors (Lipinski definition) is 7. The fourth-order valence-electron chi connectivity index (χ4n) is 2.61. The first kappa shape index (κ1) is 13.7. The van der Waals surface area contributed by atoms with Crippen LogP contribution in [0.4, 0.5) is 0 Å². The molecule has 2 heterocycles. The summed E-state index contributed by atoms with van der Waals surface area (Å²) in [5, 5.41) is 0. The molecule has 0 amide bonds. The molecule has 1 spiro atoms. The minimum atomic E-state index is -1.26. The van der Waals surface area contributed by atoms with Crippen molar-refractivity contribution in [3.63, 3.8) is 0 Å². The van der Waals surface area contributed by atoms with Crippen LogP contribution in [0.2, 0.25) is 0 Å². The first-order valence-electron chi connectivity index (χ1n) is 6.63. The predicted molar refractivity (Wildman–Crippen MR) is 59.9 cm³/mol. The Bertz CT molecular complexity index is 343. The van der Waals surface area contributed by atoms with E-state index in [0.717, 1.165) is 25.7 Å². The van der Waals surface area contributed by atoms with Crippen LogP contribution in [0.1, 0.15) is 46.0 Å². The van der Waals surface area contributed by atoms with Gasteiger partial charge in [0.05, 0.1) is 0 Å². The first-order valence-corrected chi connectivity index (χ1v) is 6.63. The minimum absolute atomic E-state index is 0.701. The third-order valence-electron chi connectivity index (χ3n) is 3.97. The summed E-state index contributed by atoms with van der Waals surface area (Å²) in [6.07, 6.45) is 4.88. The van der Waals surface area contributed by atoms with Crippen molar-refractivity contribution < 1.29 is 33.8 Å². The van der Waals surface area contributed by atoms with Crippen LogP contribution in [0, 0.1) is 0 Å². The zero-order valence-electron chi connectivity index (χ0n) is 11.5. The Morgan fingerprint density at radius 3 is 2.32 bits per heavy atom. The second kappa shape index (κ2) is 4.63. The maximum atomic E-state index is 6.03. The Morgan fingerprint density at radius 2 is 1.68 bits per heavy atom. The van der Waals surface area contributed by atoms with E-state index in [0.29, 0.717) is 0 Å². The molecule has 3 rings (SSSR count). The van der Waals surface area contributed by atoms with E-state index in [2.05, 4.69) is 0 Å². The summed E-state index contributed by atoms with van der Waals surface area (Å²) < 4.78 is 16.5. The lowest BCUT2D eigenvalue weighted by molar-refractivity contribution is -0.437. The second-order valence-electron chi connectivity index (χ2n) is 5.45. The van der Waals surface area contributed by atoms with Crippen molar-refractivity contribution in [2.75, 3.05) is 7.11 Å². The molecule has 3 fully saturated rings. The van der Waals surface area contributed by atoms with Gasteiger partial charge in [-0.3, -0.25) is 4.74 Å². The van der Waals surface area contributed by atoms with Gasteiger partial charge in [-0.2, -0.15) is 19.6 Å². The summed E-state index contributed by atoms with van der Waals surface area (Å²) in [6, 6.07) is 0. The average molecular weight is 276 g/mol. The highest BCUT2D eigenvalue weighted by molar-refractivity contribution is 4.89. The topological polar surface area (TPSA) is 64.6 Å². The Kier molecular flexibility index (Phi) is 3.33. The van der Waals surface area contributed by atoms with Crippen molar-refractivity contribution >= 4 is 0 Å². The smallest absolute Gasteiger partial charge is 0.303 e. The highest BCUT2D eigenvalue weighted by Crippen LogP contribution is 2.49. The second-order valence-corrected chi connectivity index (χ2v) is 5.45. The molecule has 110 valence electrons. The van der Waals surface area contributed by atoms with Crippen LogP contribution in [0.15, 0.2) is 0 Å². The Balaban J connectivity index is 1.74. The molecule has 2 aliphatic heterocycles. The van der Waals surface area contributed by atoms with Crippen molar-refractivity contribution in [1.29, 1.82) is 0 Å². The average Bonchev–Trinajstić information content (AvgIpc) is 2.95. The van der Waals surface area contributed by atoms with Crippen molar-refractivity contribution in [2.24, 2.45) is 0 Å². The lowest BCUT2D eigenvalue weighted by Gasteiger charge is -2.35. The van der Waals surface area contributed by atoms with E-state index in [1.54, 1.807) is 13.8 Å². The number of methoxy groups -OCH3 is 1. The SMILES string of the molecule is COC1OO[C@](C)([C@]2(C)OOC3(CCCCC3)O2)O1. The normalized spacial score (nSPS) is 45.9. The summed E-state index contributed by atoms with van der Waals surface area (Å²) in [6.45, 7) is 2.46. The van der Waals surface area contributed by atoms with Crippen LogP contribution in [0.25, 0.3) is 0 Å². The molecule has 3 atom stereocenters. The van der Waals surface area contributed by atoms with Gasteiger partial charge in [0.25, 0.3) is 11.6 Å². The van der Waals surface area contributed by atoms with Gasteiger partial charge in [-0.25, -0.2) is 0 Å². The number of rotatable bonds is 2. The molecule has 0 aromatic heterocycles. The van der Waals surface area contributed by atoms with Crippen LogP contribution in [0.3, 0.4) is 0 Å². The molecule has 2 saturated heterocycles. The summed E-state index contributed by atoms with van der Waals surface area (Å²) >= 11 is 0. The zero-order chi connectivity index (χ0) is 13.6. The van der Waals surface area contributed by atoms with E-state index in [4.69, 9.17) is 33.8 Å². The van der Waals surface area contributed by atoms with E-state index in [-0.39, 0.29) is 0 Å². The maximum absolute atomic E-state index is 6.03. The lowest BCUT2D eigenvalue weighted by atomic mass is 9.94. The Hall–Kier alpha value is -0.280. The fourth-order valence-corrected chi connectivity index (χ4v) is 2.61. The highest BCUT2D eigenvalue weighted by atomic mass is 17.4. The molecule has 7 heteroatoms. The van der Waals surface area contributed by atoms with Crippen LogP contribution >= 0.6 is 0 Å². The summed E-state index contributed by atoms with van der Waals surface area (Å²) in [5.74, 6) is -3.17. The van der Waals surface area contributed by atoms with Gasteiger partial charge >= 0.3 is 6.48 Å². The number of ether oxygens (including phenoxy) is 3. The van der Waals surface area contributed by atoms with Gasteiger partial charge in [0, 0.05) is 20.0 Å². The van der Waals surface area contributed by atoms with Gasteiger partial charge in [-0.15, -0.1) is 0 Å². The molecule has 1 saturated carbocycles. The highest BCUT2D eigenvalue weighted by Gasteiger charge is 2.65. The molecule has 0 N–H and O–H groups in total. The van der Waals surface area contributed by atoms with Crippen molar-refractivity contribution in [1.82, 2.24) is 0 Å². The van der Waals surface area contributed by atoms with E-state index < -0.39 is 23.8 Å². The maximum Gasteiger partial charge on any atom is 0.303 e. The molecule has 0 aromatic rings. The standard InChI is InChI=1S/C12H20O7/c1-10(14-9(13-3)15-17-10)11(2)16-12(19-18-11)7-5-4-6-8-12/h9H,4-8H2,1-3H3/t9?,10-,11+/m1/s1. The van der Waals surface area contributed by atoms with Gasteiger partial charge < -0.3 is 9.47 Å². The molecular weight excluding hydrogens is 256 g/mol. The van der Waals surface area contributed by atoms with Gasteiger partial charge in [0.2, 0.25) is 5.79 Å².